The van der Waals surface area contributed by atoms with Crippen molar-refractivity contribution in [2.75, 3.05) is 31.1 Å². The predicted octanol–water partition coefficient (Wildman–Crippen LogP) is 3.11. The van der Waals surface area contributed by atoms with Gasteiger partial charge in [0.05, 0.1) is 5.56 Å². The minimum atomic E-state index is -4.34. The van der Waals surface area contributed by atoms with Gasteiger partial charge in [0.25, 0.3) is 5.91 Å². The largest absolute Gasteiger partial charge is 0.416 e. The lowest BCUT2D eigenvalue weighted by Crippen LogP contribution is -2.48. The number of anilines is 1. The second-order valence-corrected chi connectivity index (χ2v) is 6.36. The number of benzene rings is 1. The van der Waals surface area contributed by atoms with Crippen LogP contribution in [0.5, 0.6) is 0 Å². The van der Waals surface area contributed by atoms with E-state index in [9.17, 15) is 18.0 Å². The van der Waals surface area contributed by atoms with Crippen LogP contribution in [0.15, 0.2) is 29.6 Å². The fourth-order valence-corrected chi connectivity index (χ4v) is 3.23. The Balaban J connectivity index is 1.62. The zero-order valence-corrected chi connectivity index (χ0v) is 13.9. The van der Waals surface area contributed by atoms with Crippen molar-refractivity contribution >= 4 is 22.9 Å². The molecule has 3 rings (SSSR count). The van der Waals surface area contributed by atoms with Crippen LogP contribution >= 0.6 is 11.3 Å². The number of halogens is 3. The van der Waals surface area contributed by atoms with Crippen LogP contribution < -0.4 is 4.90 Å². The number of hydrogen-bond donors (Lipinski definition) is 0. The molecule has 1 aliphatic rings. The maximum Gasteiger partial charge on any atom is 0.416 e. The van der Waals surface area contributed by atoms with Crippen LogP contribution in [0, 0.1) is 12.3 Å². The van der Waals surface area contributed by atoms with Gasteiger partial charge in [-0.15, -0.1) is 17.8 Å². The van der Waals surface area contributed by atoms with Gasteiger partial charge >= 0.3 is 6.18 Å². The molecular weight excluding hydrogens is 351 g/mol. The Bertz CT molecular complexity index is 800. The first-order chi connectivity index (χ1) is 11.9. The molecule has 0 aliphatic carbocycles. The first kappa shape index (κ1) is 17.3. The Kier molecular flexibility index (Phi) is 4.68. The topological polar surface area (TPSA) is 36.4 Å². The quantitative estimate of drug-likeness (QED) is 0.768. The Hall–Kier alpha value is -2.53. The van der Waals surface area contributed by atoms with E-state index in [1.807, 2.05) is 4.90 Å². The Morgan fingerprint density at radius 1 is 1.16 bits per heavy atom. The van der Waals surface area contributed by atoms with Gasteiger partial charge in [0.2, 0.25) is 0 Å². The second kappa shape index (κ2) is 6.76. The third-order valence-electron chi connectivity index (χ3n) is 3.97. The number of thiazole rings is 1. The van der Waals surface area contributed by atoms with E-state index in [1.54, 1.807) is 10.3 Å². The van der Waals surface area contributed by atoms with Crippen LogP contribution in [0.4, 0.5) is 18.9 Å². The number of piperazine rings is 1. The highest BCUT2D eigenvalue weighted by atomic mass is 32.1. The number of carbonyl (C=O) groups excluding carboxylic acids is 1. The molecule has 2 aromatic rings. The smallest absolute Gasteiger partial charge is 0.368 e. The number of hydrogen-bond acceptors (Lipinski definition) is 4. The summed E-state index contributed by atoms with van der Waals surface area (Å²) >= 11 is 1.25. The minimum absolute atomic E-state index is 0.176. The fourth-order valence-electron chi connectivity index (χ4n) is 2.63. The van der Waals surface area contributed by atoms with Crippen molar-refractivity contribution in [3.8, 4) is 12.3 Å². The van der Waals surface area contributed by atoms with E-state index in [2.05, 4.69) is 10.9 Å². The van der Waals surface area contributed by atoms with Gasteiger partial charge in [0, 0.05) is 37.2 Å². The third-order valence-corrected chi connectivity index (χ3v) is 4.75. The van der Waals surface area contributed by atoms with Crippen molar-refractivity contribution in [2.24, 2.45) is 0 Å². The number of amides is 1. The van der Waals surface area contributed by atoms with Crippen molar-refractivity contribution in [3.05, 3.63) is 45.9 Å². The monoisotopic (exact) mass is 365 g/mol. The van der Waals surface area contributed by atoms with Crippen molar-refractivity contribution in [1.29, 1.82) is 0 Å². The van der Waals surface area contributed by atoms with Crippen LogP contribution in [0.1, 0.15) is 21.1 Å². The molecule has 0 unspecified atom stereocenters. The first-order valence-corrected chi connectivity index (χ1v) is 8.40. The number of carbonyl (C=O) groups is 1. The summed E-state index contributed by atoms with van der Waals surface area (Å²) in [5.74, 6) is 2.22. The van der Waals surface area contributed by atoms with E-state index in [0.717, 1.165) is 12.1 Å². The molecule has 1 aromatic heterocycles. The molecule has 1 aromatic carbocycles. The molecule has 8 heteroatoms. The molecule has 0 saturated carbocycles. The zero-order chi connectivity index (χ0) is 18.0. The Labute approximate surface area is 146 Å². The van der Waals surface area contributed by atoms with Crippen LogP contribution in [0.25, 0.3) is 0 Å². The van der Waals surface area contributed by atoms with Crippen molar-refractivity contribution < 1.29 is 18.0 Å². The lowest BCUT2D eigenvalue weighted by Gasteiger charge is -2.36. The van der Waals surface area contributed by atoms with Gasteiger partial charge in [-0.25, -0.2) is 4.98 Å². The molecular formula is C17H14F3N3OS. The summed E-state index contributed by atoms with van der Waals surface area (Å²) in [5, 5.41) is 2.10. The van der Waals surface area contributed by atoms with Gasteiger partial charge in [-0.1, -0.05) is 0 Å². The van der Waals surface area contributed by atoms with Gasteiger partial charge in [-0.05, 0) is 30.2 Å². The Morgan fingerprint density at radius 2 is 1.80 bits per heavy atom. The zero-order valence-electron chi connectivity index (χ0n) is 13.1. The van der Waals surface area contributed by atoms with Crippen LogP contribution in [0.3, 0.4) is 0 Å². The highest BCUT2D eigenvalue weighted by Gasteiger charge is 2.30. The van der Waals surface area contributed by atoms with E-state index in [0.29, 0.717) is 42.6 Å². The number of rotatable bonds is 2. The highest BCUT2D eigenvalue weighted by Crippen LogP contribution is 2.30. The fraction of sp³-hybridized carbons (Fsp3) is 0.294. The second-order valence-electron chi connectivity index (χ2n) is 5.51. The van der Waals surface area contributed by atoms with E-state index < -0.39 is 11.7 Å². The van der Waals surface area contributed by atoms with Crippen LogP contribution in [-0.4, -0.2) is 42.0 Å². The average molecular weight is 365 g/mol. The molecule has 1 fully saturated rings. The molecule has 2 heterocycles. The lowest BCUT2D eigenvalue weighted by molar-refractivity contribution is -0.137. The summed E-state index contributed by atoms with van der Waals surface area (Å²) in [6, 6.07) is 5.06. The van der Waals surface area contributed by atoms with E-state index in [-0.39, 0.29) is 5.91 Å². The lowest BCUT2D eigenvalue weighted by atomic mass is 10.1. The van der Waals surface area contributed by atoms with Gasteiger partial charge in [-0.3, -0.25) is 4.79 Å². The number of terminal acetylenes is 1. The summed E-state index contributed by atoms with van der Waals surface area (Å²) in [6.45, 7) is 2.04. The summed E-state index contributed by atoms with van der Waals surface area (Å²) < 4.78 is 37.8. The molecule has 4 nitrogen and oxygen atoms in total. The summed E-state index contributed by atoms with van der Waals surface area (Å²) in [6.07, 6.45) is 0.919. The SMILES string of the molecule is C#Cc1nc(C(=O)N2CCN(c3ccc(C(F)(F)F)cc3)CC2)cs1. The molecule has 0 bridgehead atoms. The molecule has 1 saturated heterocycles. The van der Waals surface area contributed by atoms with Crippen molar-refractivity contribution in [1.82, 2.24) is 9.88 Å². The maximum atomic E-state index is 12.6. The molecule has 1 amide bonds. The molecule has 1 aliphatic heterocycles. The predicted molar refractivity (Wildman–Crippen MR) is 89.6 cm³/mol. The van der Waals surface area contributed by atoms with Crippen LogP contribution in [-0.2, 0) is 6.18 Å². The van der Waals surface area contributed by atoms with E-state index in [1.165, 1.54) is 23.5 Å². The molecule has 0 radical (unpaired) electrons. The summed E-state index contributed by atoms with van der Waals surface area (Å²) in [5.41, 5.74) is 0.377. The normalized spacial score (nSPS) is 15.1. The van der Waals surface area contributed by atoms with Gasteiger partial charge in [0.1, 0.15) is 5.69 Å². The standard InChI is InChI=1S/C17H14F3N3OS/c1-2-15-21-14(11-25-15)16(24)23-9-7-22(8-10-23)13-5-3-12(4-6-13)17(18,19)20/h1,3-6,11H,7-10H2. The van der Waals surface area contributed by atoms with Gasteiger partial charge < -0.3 is 9.80 Å². The van der Waals surface area contributed by atoms with Crippen molar-refractivity contribution in [2.45, 2.75) is 6.18 Å². The number of aromatic nitrogens is 1. The average Bonchev–Trinajstić information content (AvgIpc) is 3.10. The molecule has 0 atom stereocenters. The molecule has 25 heavy (non-hydrogen) atoms. The number of alkyl halides is 3. The minimum Gasteiger partial charge on any atom is -0.368 e. The number of nitrogens with zero attached hydrogens (tertiary/aromatic N) is 3. The van der Waals surface area contributed by atoms with Gasteiger partial charge in [0.15, 0.2) is 5.01 Å². The van der Waals surface area contributed by atoms with Crippen LogP contribution in [0.2, 0.25) is 0 Å². The van der Waals surface area contributed by atoms with Crippen molar-refractivity contribution in [3.63, 3.8) is 0 Å². The first-order valence-electron chi connectivity index (χ1n) is 7.52. The third kappa shape index (κ3) is 3.77. The molecule has 0 N–H and O–H groups in total. The Morgan fingerprint density at radius 3 is 2.32 bits per heavy atom. The molecule has 130 valence electrons. The highest BCUT2D eigenvalue weighted by molar-refractivity contribution is 7.10. The van der Waals surface area contributed by atoms with E-state index in [4.69, 9.17) is 6.42 Å². The summed E-state index contributed by atoms with van der Waals surface area (Å²) in [4.78, 5) is 20.1. The van der Waals surface area contributed by atoms with E-state index >= 15 is 0 Å². The molecule has 0 spiro atoms. The van der Waals surface area contributed by atoms with Gasteiger partial charge in [-0.2, -0.15) is 13.2 Å². The summed E-state index contributed by atoms with van der Waals surface area (Å²) in [7, 11) is 0. The maximum absolute atomic E-state index is 12.6.